The summed E-state index contributed by atoms with van der Waals surface area (Å²) < 4.78 is 6.68. The minimum absolute atomic E-state index is 0.0546. The van der Waals surface area contributed by atoms with E-state index >= 15 is 0 Å². The van der Waals surface area contributed by atoms with Crippen LogP contribution in [0.25, 0.3) is 11.6 Å². The second-order valence-electron chi connectivity index (χ2n) is 5.96. The van der Waals surface area contributed by atoms with Crippen molar-refractivity contribution in [1.29, 1.82) is 5.26 Å². The quantitative estimate of drug-likeness (QED) is 0.206. The van der Waals surface area contributed by atoms with Crippen LogP contribution < -0.4 is 4.74 Å². The van der Waals surface area contributed by atoms with E-state index in [1.807, 2.05) is 54.6 Å². The fraction of sp³-hybridized carbons (Fsp3) is 0.0455. The van der Waals surface area contributed by atoms with Gasteiger partial charge in [0.05, 0.1) is 16.6 Å². The number of hydrogen-bond acceptors (Lipinski definition) is 4. The summed E-state index contributed by atoms with van der Waals surface area (Å²) >= 11 is 3.39. The first-order chi connectivity index (χ1) is 13.5. The molecule has 28 heavy (non-hydrogen) atoms. The molecule has 5 nitrogen and oxygen atoms in total. The zero-order chi connectivity index (χ0) is 19.9. The number of nitrogens with zero attached hydrogens (tertiary/aromatic N) is 2. The number of benzene rings is 3. The van der Waals surface area contributed by atoms with E-state index in [1.54, 1.807) is 12.1 Å². The van der Waals surface area contributed by atoms with Crippen LogP contribution >= 0.6 is 15.9 Å². The van der Waals surface area contributed by atoms with Gasteiger partial charge in [0.2, 0.25) is 0 Å². The molecule has 138 valence electrons. The molecule has 3 rings (SSSR count). The Morgan fingerprint density at radius 2 is 1.68 bits per heavy atom. The average molecular weight is 435 g/mol. The molecule has 0 aliphatic rings. The Morgan fingerprint density at radius 1 is 1.04 bits per heavy atom. The van der Waals surface area contributed by atoms with Crippen molar-refractivity contribution in [2.24, 2.45) is 0 Å². The summed E-state index contributed by atoms with van der Waals surface area (Å²) in [6, 6.07) is 23.5. The van der Waals surface area contributed by atoms with Gasteiger partial charge in [-0.25, -0.2) is 0 Å². The van der Waals surface area contributed by atoms with Crippen molar-refractivity contribution in [3.63, 3.8) is 0 Å². The van der Waals surface area contributed by atoms with Crippen LogP contribution in [-0.2, 0) is 6.61 Å². The van der Waals surface area contributed by atoms with Crippen molar-refractivity contribution in [2.45, 2.75) is 6.61 Å². The lowest BCUT2D eigenvalue weighted by Crippen LogP contribution is -1.96. The van der Waals surface area contributed by atoms with Crippen molar-refractivity contribution in [1.82, 2.24) is 0 Å². The van der Waals surface area contributed by atoms with Crippen molar-refractivity contribution in [2.75, 3.05) is 0 Å². The van der Waals surface area contributed by atoms with Gasteiger partial charge in [0.15, 0.2) is 0 Å². The molecule has 0 saturated heterocycles. The molecule has 0 spiro atoms. The molecule has 0 aromatic heterocycles. The van der Waals surface area contributed by atoms with E-state index in [0.29, 0.717) is 17.9 Å². The lowest BCUT2D eigenvalue weighted by molar-refractivity contribution is -0.384. The molecule has 3 aromatic carbocycles. The van der Waals surface area contributed by atoms with Crippen LogP contribution in [-0.4, -0.2) is 4.92 Å². The van der Waals surface area contributed by atoms with Gasteiger partial charge in [-0.3, -0.25) is 10.1 Å². The highest BCUT2D eigenvalue weighted by Crippen LogP contribution is 2.22. The summed E-state index contributed by atoms with van der Waals surface area (Å²) in [7, 11) is 0. The maximum atomic E-state index is 10.7. The van der Waals surface area contributed by atoms with Crippen LogP contribution in [0.15, 0.2) is 77.3 Å². The number of halogens is 1. The van der Waals surface area contributed by atoms with Crippen LogP contribution in [0.3, 0.4) is 0 Å². The fourth-order valence-corrected chi connectivity index (χ4v) is 2.78. The molecule has 0 aliphatic carbocycles. The predicted molar refractivity (Wildman–Crippen MR) is 111 cm³/mol. The lowest BCUT2D eigenvalue weighted by atomic mass is 10.0. The van der Waals surface area contributed by atoms with Crippen LogP contribution in [0.5, 0.6) is 5.75 Å². The molecule has 6 heteroatoms. The Kier molecular flexibility index (Phi) is 6.20. The zero-order valence-corrected chi connectivity index (χ0v) is 16.3. The highest BCUT2D eigenvalue weighted by Gasteiger charge is 2.05. The van der Waals surface area contributed by atoms with Gasteiger partial charge in [-0.2, -0.15) is 5.26 Å². The Morgan fingerprint density at radius 3 is 2.25 bits per heavy atom. The standard InChI is InChI=1S/C22H15BrN2O3/c23-20-7-5-18(6-8-20)19(14-24)13-16-3-11-22(12-4-16)28-15-17-1-9-21(10-2-17)25(26)27/h1-13H,15H2/b19-13-. The van der Waals surface area contributed by atoms with E-state index in [-0.39, 0.29) is 5.69 Å². The van der Waals surface area contributed by atoms with Gasteiger partial charge in [0.25, 0.3) is 5.69 Å². The zero-order valence-electron chi connectivity index (χ0n) is 14.7. The number of nitro benzene ring substituents is 1. The third kappa shape index (κ3) is 5.06. The normalized spacial score (nSPS) is 10.9. The topological polar surface area (TPSA) is 76.2 Å². The van der Waals surface area contributed by atoms with E-state index in [1.165, 1.54) is 12.1 Å². The highest BCUT2D eigenvalue weighted by atomic mass is 79.9. The highest BCUT2D eigenvalue weighted by molar-refractivity contribution is 9.10. The molecule has 0 fully saturated rings. The Balaban J connectivity index is 1.66. The van der Waals surface area contributed by atoms with Gasteiger partial charge >= 0.3 is 0 Å². The van der Waals surface area contributed by atoms with Crippen LogP contribution in [0.4, 0.5) is 5.69 Å². The summed E-state index contributed by atoms with van der Waals surface area (Å²) in [5, 5.41) is 20.1. The first-order valence-electron chi connectivity index (χ1n) is 8.39. The molecular formula is C22H15BrN2O3. The van der Waals surface area contributed by atoms with E-state index in [2.05, 4.69) is 22.0 Å². The van der Waals surface area contributed by atoms with Gasteiger partial charge in [-0.1, -0.05) is 40.2 Å². The number of non-ortho nitro benzene ring substituents is 1. The average Bonchev–Trinajstić information content (AvgIpc) is 2.72. The SMILES string of the molecule is N#C/C(=C/c1ccc(OCc2ccc([N+](=O)[O-])cc2)cc1)c1ccc(Br)cc1. The van der Waals surface area contributed by atoms with Crippen molar-refractivity contribution in [3.05, 3.63) is 104 Å². The van der Waals surface area contributed by atoms with Gasteiger partial charge in [0, 0.05) is 16.6 Å². The van der Waals surface area contributed by atoms with E-state index in [9.17, 15) is 15.4 Å². The molecule has 0 radical (unpaired) electrons. The van der Waals surface area contributed by atoms with Gasteiger partial charge in [-0.15, -0.1) is 0 Å². The van der Waals surface area contributed by atoms with E-state index in [0.717, 1.165) is 21.2 Å². The number of nitriles is 1. The minimum atomic E-state index is -0.430. The molecule has 0 N–H and O–H groups in total. The van der Waals surface area contributed by atoms with E-state index < -0.39 is 4.92 Å². The first kappa shape index (κ1) is 19.3. The maximum Gasteiger partial charge on any atom is 0.269 e. The molecule has 3 aromatic rings. The maximum absolute atomic E-state index is 10.7. The monoisotopic (exact) mass is 434 g/mol. The van der Waals surface area contributed by atoms with Crippen LogP contribution in [0.1, 0.15) is 16.7 Å². The number of hydrogen-bond donors (Lipinski definition) is 0. The van der Waals surface area contributed by atoms with Crippen LogP contribution in [0, 0.1) is 21.4 Å². The molecule has 0 amide bonds. The molecule has 0 unspecified atom stereocenters. The molecular weight excluding hydrogens is 420 g/mol. The Hall–Kier alpha value is -3.43. The molecule has 0 bridgehead atoms. The number of nitro groups is 1. The third-order valence-corrected chi connectivity index (χ3v) is 4.55. The van der Waals surface area contributed by atoms with E-state index in [4.69, 9.17) is 4.74 Å². The van der Waals surface area contributed by atoms with Gasteiger partial charge in [0.1, 0.15) is 12.4 Å². The Bertz CT molecular complexity index is 1040. The second kappa shape index (κ2) is 8.98. The molecule has 0 saturated carbocycles. The number of allylic oxidation sites excluding steroid dienone is 1. The smallest absolute Gasteiger partial charge is 0.269 e. The lowest BCUT2D eigenvalue weighted by Gasteiger charge is -2.07. The molecule has 0 heterocycles. The molecule has 0 atom stereocenters. The minimum Gasteiger partial charge on any atom is -0.489 e. The summed E-state index contributed by atoms with van der Waals surface area (Å²) in [4.78, 5) is 10.2. The summed E-state index contributed by atoms with van der Waals surface area (Å²) in [6.45, 7) is 0.315. The number of ether oxygens (including phenoxy) is 1. The predicted octanol–water partition coefficient (Wildman–Crippen LogP) is 6.00. The van der Waals surface area contributed by atoms with Crippen molar-refractivity contribution in [3.8, 4) is 11.8 Å². The van der Waals surface area contributed by atoms with Crippen LogP contribution in [0.2, 0.25) is 0 Å². The first-order valence-corrected chi connectivity index (χ1v) is 9.18. The third-order valence-electron chi connectivity index (χ3n) is 4.02. The Labute approximate surface area is 170 Å². The number of rotatable bonds is 6. The molecule has 0 aliphatic heterocycles. The largest absolute Gasteiger partial charge is 0.489 e. The van der Waals surface area contributed by atoms with Gasteiger partial charge in [-0.05, 0) is 59.2 Å². The summed E-state index contributed by atoms with van der Waals surface area (Å²) in [5.41, 5.74) is 3.22. The van der Waals surface area contributed by atoms with Crippen molar-refractivity contribution < 1.29 is 9.66 Å². The summed E-state index contributed by atoms with van der Waals surface area (Å²) in [6.07, 6.45) is 1.82. The van der Waals surface area contributed by atoms with Crippen molar-refractivity contribution >= 4 is 33.3 Å². The summed E-state index contributed by atoms with van der Waals surface area (Å²) in [5.74, 6) is 0.678. The second-order valence-corrected chi connectivity index (χ2v) is 6.87. The fourth-order valence-electron chi connectivity index (χ4n) is 2.52. The van der Waals surface area contributed by atoms with Gasteiger partial charge < -0.3 is 4.74 Å².